The number of likely N-dealkylation sites (tertiary alicyclic amines) is 2. The first-order valence-electron chi connectivity index (χ1n) is 12.4. The molecule has 3 N–H and O–H groups in total. The summed E-state index contributed by atoms with van der Waals surface area (Å²) < 4.78 is 16.7. The number of aliphatic hydroxyl groups is 1. The molecule has 4 heterocycles. The summed E-state index contributed by atoms with van der Waals surface area (Å²) >= 11 is 0. The van der Waals surface area contributed by atoms with Gasteiger partial charge in [-0.3, -0.25) is 30.0 Å². The highest BCUT2D eigenvalue weighted by molar-refractivity contribution is 6.22. The maximum atomic E-state index is 13.4. The van der Waals surface area contributed by atoms with Crippen molar-refractivity contribution in [2.45, 2.75) is 18.4 Å². The van der Waals surface area contributed by atoms with E-state index in [9.17, 15) is 19.5 Å². The van der Waals surface area contributed by atoms with E-state index in [1.807, 2.05) is 4.90 Å². The number of amides is 4. The average Bonchev–Trinajstić information content (AvgIpc) is 3.33. The van der Waals surface area contributed by atoms with Crippen LogP contribution in [0.25, 0.3) is 0 Å². The van der Waals surface area contributed by atoms with Gasteiger partial charge in [0.2, 0.25) is 12.3 Å². The Labute approximate surface area is 213 Å². The molecule has 0 aliphatic carbocycles. The summed E-state index contributed by atoms with van der Waals surface area (Å²) in [5.41, 5.74) is -1.08. The summed E-state index contributed by atoms with van der Waals surface area (Å²) in [6, 6.07) is 11.2. The zero-order valence-electron chi connectivity index (χ0n) is 20.2. The predicted molar refractivity (Wildman–Crippen MR) is 129 cm³/mol. The van der Waals surface area contributed by atoms with Gasteiger partial charge in [-0.15, -0.1) is 0 Å². The number of nitrogens with zero attached hydrogens (tertiary/aromatic N) is 2. The van der Waals surface area contributed by atoms with Gasteiger partial charge in [0.15, 0.2) is 11.5 Å². The highest BCUT2D eigenvalue weighted by Gasteiger charge is 2.58. The van der Waals surface area contributed by atoms with Gasteiger partial charge in [0.05, 0.1) is 6.61 Å². The molecule has 2 aromatic carbocycles. The number of ether oxygens (including phenoxy) is 3. The lowest BCUT2D eigenvalue weighted by Gasteiger charge is -2.56. The van der Waals surface area contributed by atoms with E-state index in [2.05, 4.69) is 15.5 Å². The number of hydrogen-bond acceptors (Lipinski definition) is 9. The van der Waals surface area contributed by atoms with Crippen LogP contribution in [0, 0.1) is 5.41 Å². The summed E-state index contributed by atoms with van der Waals surface area (Å²) in [4.78, 5) is 42.8. The number of fused-ring (bicyclic) bond motifs is 1. The van der Waals surface area contributed by atoms with E-state index in [1.54, 1.807) is 42.5 Å². The van der Waals surface area contributed by atoms with Crippen molar-refractivity contribution in [3.63, 3.8) is 0 Å². The number of carbonyl (C=O) groups excluding carboxylic acids is 3. The molecule has 0 aromatic heterocycles. The van der Waals surface area contributed by atoms with Crippen molar-refractivity contribution >= 4 is 17.8 Å². The molecular weight excluding hydrogens is 480 g/mol. The zero-order valence-corrected chi connectivity index (χ0v) is 20.2. The molecule has 6 rings (SSSR count). The van der Waals surface area contributed by atoms with E-state index in [4.69, 9.17) is 14.2 Å². The van der Waals surface area contributed by atoms with Gasteiger partial charge in [-0.05, 0) is 48.1 Å². The average molecular weight is 509 g/mol. The molecule has 11 nitrogen and oxygen atoms in total. The Morgan fingerprint density at radius 2 is 1.54 bits per heavy atom. The summed E-state index contributed by atoms with van der Waals surface area (Å²) in [6.45, 7) is 3.81. The van der Waals surface area contributed by atoms with Gasteiger partial charge in [-0.2, -0.15) is 0 Å². The van der Waals surface area contributed by atoms with Crippen molar-refractivity contribution in [1.29, 1.82) is 0 Å². The van der Waals surface area contributed by atoms with Crippen LogP contribution in [-0.2, 0) is 15.1 Å². The number of rotatable bonds is 6. The van der Waals surface area contributed by atoms with Crippen LogP contribution in [0.4, 0.5) is 4.79 Å². The van der Waals surface area contributed by atoms with Crippen molar-refractivity contribution in [1.82, 2.24) is 20.4 Å². The minimum atomic E-state index is -1.67. The molecule has 0 saturated carbocycles. The minimum absolute atomic E-state index is 0.132. The molecule has 11 heteroatoms. The van der Waals surface area contributed by atoms with Gasteiger partial charge in [-0.25, -0.2) is 4.79 Å². The van der Waals surface area contributed by atoms with Crippen molar-refractivity contribution < 1.29 is 33.7 Å². The third-order valence-corrected chi connectivity index (χ3v) is 7.80. The molecule has 1 spiro atoms. The maximum Gasteiger partial charge on any atom is 0.328 e. The van der Waals surface area contributed by atoms with Gasteiger partial charge in [0.25, 0.3) is 11.8 Å². The Morgan fingerprint density at radius 3 is 2.22 bits per heavy atom. The SMILES string of the molecule is O=C1NC(=O)C(c2ccc(Oc3ccc4c(c3)OCO4)cc2)(N2CCC3(CC2)CN(CCO)C3)C(=O)N1. The van der Waals surface area contributed by atoms with Gasteiger partial charge in [-0.1, -0.05) is 12.1 Å². The molecule has 194 valence electrons. The molecule has 2 aromatic rings. The molecule has 3 saturated heterocycles. The van der Waals surface area contributed by atoms with Crippen molar-refractivity contribution in [3.8, 4) is 23.0 Å². The van der Waals surface area contributed by atoms with Crippen LogP contribution < -0.4 is 24.8 Å². The van der Waals surface area contributed by atoms with E-state index in [-0.39, 0.29) is 18.8 Å². The number of barbiturate groups is 1. The highest BCUT2D eigenvalue weighted by Crippen LogP contribution is 2.44. The van der Waals surface area contributed by atoms with Crippen LogP contribution in [0.15, 0.2) is 42.5 Å². The fourth-order valence-corrected chi connectivity index (χ4v) is 5.93. The van der Waals surface area contributed by atoms with Crippen molar-refractivity contribution in [3.05, 3.63) is 48.0 Å². The number of imide groups is 2. The molecule has 0 unspecified atom stereocenters. The van der Waals surface area contributed by atoms with Crippen LogP contribution in [-0.4, -0.2) is 78.9 Å². The molecule has 0 bridgehead atoms. The predicted octanol–water partition coefficient (Wildman–Crippen LogP) is 1.16. The molecule has 4 amide bonds. The van der Waals surface area contributed by atoms with Crippen LogP contribution in [0.3, 0.4) is 0 Å². The first-order chi connectivity index (χ1) is 17.9. The third kappa shape index (κ3) is 3.99. The quantitative estimate of drug-likeness (QED) is 0.492. The number of carbonyl (C=O) groups is 3. The number of benzene rings is 2. The molecule has 3 fully saturated rings. The molecule has 37 heavy (non-hydrogen) atoms. The van der Waals surface area contributed by atoms with Crippen molar-refractivity contribution in [2.24, 2.45) is 5.41 Å². The maximum absolute atomic E-state index is 13.4. The minimum Gasteiger partial charge on any atom is -0.457 e. The Kier molecular flexibility index (Phi) is 5.78. The number of hydrogen-bond donors (Lipinski definition) is 3. The first-order valence-corrected chi connectivity index (χ1v) is 12.4. The Balaban J connectivity index is 1.24. The third-order valence-electron chi connectivity index (χ3n) is 7.80. The normalized spacial score (nSPS) is 22.4. The van der Waals surface area contributed by atoms with Gasteiger partial charge >= 0.3 is 6.03 Å². The van der Waals surface area contributed by atoms with E-state index in [1.165, 1.54) is 0 Å². The molecule has 0 radical (unpaired) electrons. The van der Waals surface area contributed by atoms with Crippen LogP contribution in [0.1, 0.15) is 18.4 Å². The lowest BCUT2D eigenvalue weighted by atomic mass is 9.70. The number of β-amino-alcohol motifs (C(OH)–C–C–N with tert-alkyl or cyclic N) is 1. The number of nitrogens with one attached hydrogen (secondary N) is 2. The van der Waals surface area contributed by atoms with Crippen LogP contribution in [0.5, 0.6) is 23.0 Å². The fraction of sp³-hybridized carbons (Fsp3) is 0.423. The van der Waals surface area contributed by atoms with E-state index < -0.39 is 23.4 Å². The smallest absolute Gasteiger partial charge is 0.328 e. The van der Waals surface area contributed by atoms with Gasteiger partial charge in [0, 0.05) is 38.8 Å². The van der Waals surface area contributed by atoms with Crippen molar-refractivity contribution in [2.75, 3.05) is 46.1 Å². The molecular formula is C26H28N4O7. The summed E-state index contributed by atoms with van der Waals surface area (Å²) in [5.74, 6) is 1.01. The number of aliphatic hydroxyl groups excluding tert-OH is 1. The Hall–Kier alpha value is -3.67. The number of urea groups is 1. The van der Waals surface area contributed by atoms with E-state index in [0.717, 1.165) is 25.9 Å². The number of piperidine rings is 1. The summed E-state index contributed by atoms with van der Waals surface area (Å²) in [6.07, 6.45) is 1.63. The van der Waals surface area contributed by atoms with Gasteiger partial charge in [0.1, 0.15) is 11.5 Å². The monoisotopic (exact) mass is 508 g/mol. The van der Waals surface area contributed by atoms with Gasteiger partial charge < -0.3 is 19.3 Å². The van der Waals surface area contributed by atoms with Crippen LogP contribution >= 0.6 is 0 Å². The fourth-order valence-electron chi connectivity index (χ4n) is 5.93. The largest absolute Gasteiger partial charge is 0.457 e. The van der Waals surface area contributed by atoms with Crippen LogP contribution in [0.2, 0.25) is 0 Å². The summed E-state index contributed by atoms with van der Waals surface area (Å²) in [5, 5.41) is 13.8. The first kappa shape index (κ1) is 23.7. The zero-order chi connectivity index (χ0) is 25.6. The molecule has 0 atom stereocenters. The summed E-state index contributed by atoms with van der Waals surface area (Å²) in [7, 11) is 0. The standard InChI is InChI=1S/C26H28N4O7/c31-12-11-29-14-25(15-29)7-9-30(10-8-25)26(22(32)27-24(34)28-23(26)33)17-1-3-18(4-2-17)37-19-5-6-20-21(13-19)36-16-35-20/h1-6,13,31H,7-12,14-16H2,(H2,27,28,32,33,34). The topological polar surface area (TPSA) is 130 Å². The van der Waals surface area contributed by atoms with E-state index in [0.29, 0.717) is 48.2 Å². The lowest BCUT2D eigenvalue weighted by molar-refractivity contribution is -0.153. The second kappa shape index (κ2) is 9.02. The highest BCUT2D eigenvalue weighted by atomic mass is 16.7. The Morgan fingerprint density at radius 1 is 0.892 bits per heavy atom. The second-order valence-electron chi connectivity index (χ2n) is 10.0. The van der Waals surface area contributed by atoms with E-state index >= 15 is 0 Å². The molecule has 4 aliphatic rings. The Bertz CT molecular complexity index is 1210. The second-order valence-corrected chi connectivity index (χ2v) is 10.0. The lowest BCUT2D eigenvalue weighted by Crippen LogP contribution is -2.73. The molecule has 4 aliphatic heterocycles.